The van der Waals surface area contributed by atoms with E-state index in [1.807, 2.05) is 30.5 Å². The Kier molecular flexibility index (Phi) is 5.61. The van der Waals surface area contributed by atoms with Crippen molar-refractivity contribution in [2.45, 2.75) is 33.6 Å². The summed E-state index contributed by atoms with van der Waals surface area (Å²) in [6.45, 7) is 7.46. The van der Waals surface area contributed by atoms with E-state index < -0.39 is 0 Å². The number of fused-ring (bicyclic) bond motifs is 1. The maximum Gasteiger partial charge on any atom is 0.224 e. The fourth-order valence-corrected chi connectivity index (χ4v) is 3.15. The van der Waals surface area contributed by atoms with Gasteiger partial charge in [-0.2, -0.15) is 0 Å². The van der Waals surface area contributed by atoms with Crippen LogP contribution in [-0.2, 0) is 11.2 Å². The van der Waals surface area contributed by atoms with Gasteiger partial charge < -0.3 is 15.0 Å². The van der Waals surface area contributed by atoms with Crippen LogP contribution in [0.5, 0.6) is 5.75 Å². The van der Waals surface area contributed by atoms with Gasteiger partial charge in [-0.05, 0) is 61.6 Å². The van der Waals surface area contributed by atoms with E-state index in [0.29, 0.717) is 19.6 Å². The van der Waals surface area contributed by atoms with E-state index in [4.69, 9.17) is 4.74 Å². The number of aromatic amines is 1. The van der Waals surface area contributed by atoms with E-state index in [1.54, 1.807) is 0 Å². The van der Waals surface area contributed by atoms with Crippen LogP contribution in [0.4, 0.5) is 0 Å². The molecule has 0 aliphatic heterocycles. The van der Waals surface area contributed by atoms with Crippen LogP contribution in [-0.4, -0.2) is 24.0 Å². The first-order valence-corrected chi connectivity index (χ1v) is 9.07. The quantitative estimate of drug-likeness (QED) is 0.627. The Balaban J connectivity index is 1.43. The van der Waals surface area contributed by atoms with Gasteiger partial charge in [-0.25, -0.2) is 0 Å². The van der Waals surface area contributed by atoms with Crippen LogP contribution in [0.1, 0.15) is 28.7 Å². The zero-order chi connectivity index (χ0) is 18.5. The largest absolute Gasteiger partial charge is 0.493 e. The zero-order valence-electron chi connectivity index (χ0n) is 15.7. The van der Waals surface area contributed by atoms with Gasteiger partial charge in [0.05, 0.1) is 13.0 Å². The molecule has 4 heteroatoms. The van der Waals surface area contributed by atoms with Crippen molar-refractivity contribution in [3.05, 3.63) is 64.8 Å². The van der Waals surface area contributed by atoms with Gasteiger partial charge in [-0.3, -0.25) is 4.79 Å². The third-order valence-electron chi connectivity index (χ3n) is 4.69. The van der Waals surface area contributed by atoms with Crippen molar-refractivity contribution in [3.63, 3.8) is 0 Å². The zero-order valence-corrected chi connectivity index (χ0v) is 15.7. The second-order valence-corrected chi connectivity index (χ2v) is 6.79. The molecule has 0 atom stereocenters. The SMILES string of the molecule is Cc1cc(C)c(C)c(OCCCNC(=O)Cc2c[nH]c3ccccc23)c1. The molecule has 3 aromatic rings. The molecule has 0 saturated carbocycles. The minimum Gasteiger partial charge on any atom is -0.493 e. The highest BCUT2D eigenvalue weighted by Gasteiger charge is 2.08. The van der Waals surface area contributed by atoms with Crippen LogP contribution in [0.3, 0.4) is 0 Å². The van der Waals surface area contributed by atoms with Crippen molar-refractivity contribution in [1.29, 1.82) is 0 Å². The molecule has 4 nitrogen and oxygen atoms in total. The van der Waals surface area contributed by atoms with Gasteiger partial charge in [-0.1, -0.05) is 24.3 Å². The second-order valence-electron chi connectivity index (χ2n) is 6.79. The smallest absolute Gasteiger partial charge is 0.224 e. The molecule has 0 bridgehead atoms. The van der Waals surface area contributed by atoms with E-state index in [1.165, 1.54) is 16.7 Å². The van der Waals surface area contributed by atoms with E-state index in [9.17, 15) is 4.79 Å². The highest BCUT2D eigenvalue weighted by atomic mass is 16.5. The van der Waals surface area contributed by atoms with Gasteiger partial charge in [0.15, 0.2) is 0 Å². The number of ether oxygens (including phenoxy) is 1. The normalized spacial score (nSPS) is 10.9. The topological polar surface area (TPSA) is 54.1 Å². The molecule has 2 aromatic carbocycles. The fourth-order valence-electron chi connectivity index (χ4n) is 3.15. The molecule has 1 aromatic heterocycles. The molecule has 3 rings (SSSR count). The molecule has 0 radical (unpaired) electrons. The summed E-state index contributed by atoms with van der Waals surface area (Å²) in [5.74, 6) is 0.977. The molecule has 136 valence electrons. The first-order valence-electron chi connectivity index (χ1n) is 9.07. The lowest BCUT2D eigenvalue weighted by molar-refractivity contribution is -0.120. The number of carbonyl (C=O) groups excluding carboxylic acids is 1. The van der Waals surface area contributed by atoms with Gasteiger partial charge in [-0.15, -0.1) is 0 Å². The van der Waals surface area contributed by atoms with Crippen molar-refractivity contribution in [3.8, 4) is 5.75 Å². The van der Waals surface area contributed by atoms with E-state index in [-0.39, 0.29) is 5.91 Å². The number of amides is 1. The van der Waals surface area contributed by atoms with Crippen LogP contribution in [0.2, 0.25) is 0 Å². The monoisotopic (exact) mass is 350 g/mol. The molecular weight excluding hydrogens is 324 g/mol. The molecule has 2 N–H and O–H groups in total. The summed E-state index contributed by atoms with van der Waals surface area (Å²) in [6.07, 6.45) is 3.09. The lowest BCUT2D eigenvalue weighted by Crippen LogP contribution is -2.27. The van der Waals surface area contributed by atoms with Crippen molar-refractivity contribution >= 4 is 16.8 Å². The highest BCUT2D eigenvalue weighted by molar-refractivity contribution is 5.88. The minimum atomic E-state index is 0.0392. The molecule has 1 amide bonds. The standard InChI is InChI=1S/C22H26N2O2/c1-15-11-16(2)17(3)21(12-15)26-10-6-9-23-22(25)13-18-14-24-20-8-5-4-7-19(18)20/h4-5,7-8,11-12,14,24H,6,9-10,13H2,1-3H3,(H,23,25). The minimum absolute atomic E-state index is 0.0392. The van der Waals surface area contributed by atoms with Crippen LogP contribution in [0.25, 0.3) is 10.9 Å². The summed E-state index contributed by atoms with van der Waals surface area (Å²) < 4.78 is 5.89. The van der Waals surface area contributed by atoms with Crippen LogP contribution < -0.4 is 10.1 Å². The van der Waals surface area contributed by atoms with Crippen molar-refractivity contribution in [1.82, 2.24) is 10.3 Å². The molecule has 0 fully saturated rings. The summed E-state index contributed by atoms with van der Waals surface area (Å²) in [7, 11) is 0. The maximum atomic E-state index is 12.2. The molecule has 0 unspecified atom stereocenters. The van der Waals surface area contributed by atoms with Crippen molar-refractivity contribution < 1.29 is 9.53 Å². The Hall–Kier alpha value is -2.75. The number of aromatic nitrogens is 1. The third-order valence-corrected chi connectivity index (χ3v) is 4.69. The van der Waals surface area contributed by atoms with Crippen LogP contribution in [0, 0.1) is 20.8 Å². The number of carbonyl (C=O) groups is 1. The fraction of sp³-hybridized carbons (Fsp3) is 0.318. The first-order chi connectivity index (χ1) is 12.5. The predicted molar refractivity (Wildman–Crippen MR) is 106 cm³/mol. The number of H-pyrrole nitrogens is 1. The Morgan fingerprint density at radius 2 is 1.96 bits per heavy atom. The lowest BCUT2D eigenvalue weighted by Gasteiger charge is -2.12. The van der Waals surface area contributed by atoms with Crippen molar-refractivity contribution in [2.75, 3.05) is 13.2 Å². The van der Waals surface area contributed by atoms with Crippen LogP contribution >= 0.6 is 0 Å². The molecular formula is C22H26N2O2. The molecule has 0 saturated heterocycles. The van der Waals surface area contributed by atoms with Gasteiger partial charge in [0.1, 0.15) is 5.75 Å². The molecule has 0 aliphatic carbocycles. The van der Waals surface area contributed by atoms with Gasteiger partial charge in [0.25, 0.3) is 0 Å². The Morgan fingerprint density at radius 1 is 1.15 bits per heavy atom. The predicted octanol–water partition coefficient (Wildman–Crippen LogP) is 4.22. The number of hydrogen-bond acceptors (Lipinski definition) is 2. The number of para-hydroxylation sites is 1. The first kappa shape index (κ1) is 18.1. The summed E-state index contributed by atoms with van der Waals surface area (Å²) in [6, 6.07) is 12.3. The molecule has 1 heterocycles. The van der Waals surface area contributed by atoms with E-state index in [0.717, 1.165) is 28.6 Å². The molecule has 26 heavy (non-hydrogen) atoms. The summed E-state index contributed by atoms with van der Waals surface area (Å²) >= 11 is 0. The van der Waals surface area contributed by atoms with Gasteiger partial charge in [0, 0.05) is 23.6 Å². The summed E-state index contributed by atoms with van der Waals surface area (Å²) in [5.41, 5.74) is 5.72. The molecule has 0 aliphatic rings. The maximum absolute atomic E-state index is 12.2. The average Bonchev–Trinajstić information content (AvgIpc) is 3.01. The third kappa shape index (κ3) is 4.26. The number of benzene rings is 2. The Labute approximate surface area is 154 Å². The summed E-state index contributed by atoms with van der Waals surface area (Å²) in [4.78, 5) is 15.4. The number of aryl methyl sites for hydroxylation is 2. The number of rotatable bonds is 7. The van der Waals surface area contributed by atoms with E-state index >= 15 is 0 Å². The Bertz CT molecular complexity index is 912. The van der Waals surface area contributed by atoms with Gasteiger partial charge in [0.2, 0.25) is 5.91 Å². The van der Waals surface area contributed by atoms with Crippen LogP contribution in [0.15, 0.2) is 42.6 Å². The average molecular weight is 350 g/mol. The second kappa shape index (κ2) is 8.09. The highest BCUT2D eigenvalue weighted by Crippen LogP contribution is 2.23. The van der Waals surface area contributed by atoms with Gasteiger partial charge >= 0.3 is 0 Å². The summed E-state index contributed by atoms with van der Waals surface area (Å²) in [5, 5.41) is 4.08. The number of nitrogens with one attached hydrogen (secondary N) is 2. The lowest BCUT2D eigenvalue weighted by atomic mass is 10.1. The van der Waals surface area contributed by atoms with Crippen molar-refractivity contribution in [2.24, 2.45) is 0 Å². The van der Waals surface area contributed by atoms with E-state index in [2.05, 4.69) is 43.2 Å². The Morgan fingerprint density at radius 3 is 2.81 bits per heavy atom. The molecule has 0 spiro atoms. The number of hydrogen-bond donors (Lipinski definition) is 2.